The molecule has 1 N–H and O–H groups in total. The van der Waals surface area contributed by atoms with E-state index in [-0.39, 0.29) is 12.0 Å². The molecular formula is C21H27N5O3S. The lowest BCUT2D eigenvalue weighted by atomic mass is 10.2. The molecular weight excluding hydrogens is 402 g/mol. The van der Waals surface area contributed by atoms with Crippen molar-refractivity contribution in [1.29, 1.82) is 0 Å². The van der Waals surface area contributed by atoms with Gasteiger partial charge in [0.25, 0.3) is 0 Å². The van der Waals surface area contributed by atoms with Crippen LogP contribution in [0.1, 0.15) is 16.9 Å². The van der Waals surface area contributed by atoms with E-state index in [2.05, 4.69) is 26.8 Å². The van der Waals surface area contributed by atoms with Crippen LogP contribution in [0.3, 0.4) is 0 Å². The summed E-state index contributed by atoms with van der Waals surface area (Å²) in [5.41, 5.74) is 1.12. The third-order valence-corrected chi connectivity index (χ3v) is 5.97. The minimum atomic E-state index is -0.0741. The molecule has 4 rings (SSSR count). The Kier molecular flexibility index (Phi) is 6.61. The number of hydrogen-bond acceptors (Lipinski definition) is 8. The molecule has 0 spiro atoms. The molecule has 9 heteroatoms. The number of amides is 1. The number of thiazole rings is 1. The van der Waals surface area contributed by atoms with Gasteiger partial charge in [0, 0.05) is 49.7 Å². The zero-order valence-electron chi connectivity index (χ0n) is 17.2. The molecule has 2 saturated heterocycles. The normalized spacial score (nSPS) is 19.6. The maximum Gasteiger partial charge on any atom is 0.246 e. The second-order valence-corrected chi connectivity index (χ2v) is 8.74. The number of carbonyl (C=O) groups is 1. The lowest BCUT2D eigenvalue weighted by molar-refractivity contribution is -0.125. The van der Waals surface area contributed by atoms with E-state index in [0.29, 0.717) is 24.8 Å². The van der Waals surface area contributed by atoms with Crippen molar-refractivity contribution >= 4 is 28.2 Å². The summed E-state index contributed by atoms with van der Waals surface area (Å²) >= 11 is 1.59. The highest BCUT2D eigenvalue weighted by Crippen LogP contribution is 2.26. The molecule has 2 aliphatic heterocycles. The molecule has 30 heavy (non-hydrogen) atoms. The van der Waals surface area contributed by atoms with Crippen molar-refractivity contribution in [1.82, 2.24) is 19.8 Å². The number of aromatic nitrogens is 2. The summed E-state index contributed by atoms with van der Waals surface area (Å²) in [6, 6.07) is 4.03. The monoisotopic (exact) mass is 429 g/mol. The minimum Gasteiger partial charge on any atom is -0.472 e. The molecule has 2 aliphatic rings. The highest BCUT2D eigenvalue weighted by Gasteiger charge is 2.27. The lowest BCUT2D eigenvalue weighted by Crippen LogP contribution is -2.35. The Labute approximate surface area is 180 Å². The SMILES string of the molecule is C=CC(=O)N1CCC(Oc2cc(CN3CCOCC3)cc(Nc3ncc(C)s3)n2)C1. The van der Waals surface area contributed by atoms with Crippen molar-refractivity contribution in [3.63, 3.8) is 0 Å². The van der Waals surface area contributed by atoms with E-state index < -0.39 is 0 Å². The molecule has 0 aromatic carbocycles. The van der Waals surface area contributed by atoms with Crippen LogP contribution in [0.25, 0.3) is 0 Å². The van der Waals surface area contributed by atoms with Gasteiger partial charge >= 0.3 is 0 Å². The van der Waals surface area contributed by atoms with Crippen molar-refractivity contribution in [3.05, 3.63) is 41.4 Å². The molecule has 0 radical (unpaired) electrons. The number of hydrogen-bond donors (Lipinski definition) is 1. The fourth-order valence-electron chi connectivity index (χ4n) is 3.64. The highest BCUT2D eigenvalue weighted by atomic mass is 32.1. The topological polar surface area (TPSA) is 79.8 Å². The number of nitrogens with one attached hydrogen (secondary N) is 1. The Morgan fingerprint density at radius 2 is 2.23 bits per heavy atom. The van der Waals surface area contributed by atoms with Gasteiger partial charge in [-0.2, -0.15) is 4.98 Å². The first-order valence-corrected chi connectivity index (χ1v) is 11.0. The fourth-order valence-corrected chi connectivity index (χ4v) is 4.31. The summed E-state index contributed by atoms with van der Waals surface area (Å²) in [7, 11) is 0. The number of pyridine rings is 1. The van der Waals surface area contributed by atoms with Crippen LogP contribution < -0.4 is 10.1 Å². The number of nitrogens with zero attached hydrogens (tertiary/aromatic N) is 4. The standard InChI is InChI=1S/C21H27N5O3S/c1-3-20(27)26-5-4-17(14-26)29-19-11-16(13-25-6-8-28-9-7-25)10-18(23-19)24-21-22-12-15(2)30-21/h3,10-12,17H,1,4-9,13-14H2,2H3,(H,22,23,24). The Hall–Kier alpha value is -2.49. The number of likely N-dealkylation sites (tertiary alicyclic amines) is 1. The zero-order chi connectivity index (χ0) is 20.9. The number of aryl methyl sites for hydroxylation is 1. The van der Waals surface area contributed by atoms with E-state index in [9.17, 15) is 4.79 Å². The quantitative estimate of drug-likeness (QED) is 0.678. The third kappa shape index (κ3) is 5.35. The lowest BCUT2D eigenvalue weighted by Gasteiger charge is -2.27. The maximum atomic E-state index is 11.9. The number of carbonyl (C=O) groups excluding carboxylic acids is 1. The first-order valence-electron chi connectivity index (χ1n) is 10.2. The van der Waals surface area contributed by atoms with Crippen molar-refractivity contribution < 1.29 is 14.3 Å². The van der Waals surface area contributed by atoms with Gasteiger partial charge in [-0.1, -0.05) is 6.58 Å². The van der Waals surface area contributed by atoms with Crippen molar-refractivity contribution in [2.24, 2.45) is 0 Å². The second-order valence-electron chi connectivity index (χ2n) is 7.51. The molecule has 160 valence electrons. The molecule has 1 amide bonds. The summed E-state index contributed by atoms with van der Waals surface area (Å²) in [5, 5.41) is 4.10. The van der Waals surface area contributed by atoms with E-state index in [4.69, 9.17) is 9.47 Å². The summed E-state index contributed by atoms with van der Waals surface area (Å²) in [4.78, 5) is 26.1. The number of morpholine rings is 1. The molecule has 0 bridgehead atoms. The first-order chi connectivity index (χ1) is 14.6. The van der Waals surface area contributed by atoms with Gasteiger partial charge in [0.15, 0.2) is 5.13 Å². The second kappa shape index (κ2) is 9.55. The Morgan fingerprint density at radius 1 is 1.40 bits per heavy atom. The van der Waals surface area contributed by atoms with Gasteiger partial charge in [-0.3, -0.25) is 9.69 Å². The predicted octanol–water partition coefficient (Wildman–Crippen LogP) is 2.59. The molecule has 8 nitrogen and oxygen atoms in total. The molecule has 2 fully saturated rings. The molecule has 4 heterocycles. The van der Waals surface area contributed by atoms with E-state index in [0.717, 1.165) is 54.8 Å². The van der Waals surface area contributed by atoms with Crippen LogP contribution >= 0.6 is 11.3 Å². The van der Waals surface area contributed by atoms with Crippen LogP contribution in [-0.2, 0) is 16.1 Å². The van der Waals surface area contributed by atoms with E-state index in [1.807, 2.05) is 25.3 Å². The van der Waals surface area contributed by atoms with Gasteiger partial charge in [0.05, 0.1) is 19.8 Å². The van der Waals surface area contributed by atoms with Crippen LogP contribution in [0.5, 0.6) is 5.88 Å². The van der Waals surface area contributed by atoms with E-state index in [1.54, 1.807) is 16.2 Å². The van der Waals surface area contributed by atoms with Gasteiger partial charge in [-0.25, -0.2) is 4.98 Å². The molecule has 0 aliphatic carbocycles. The average molecular weight is 430 g/mol. The van der Waals surface area contributed by atoms with Crippen LogP contribution in [0, 0.1) is 6.92 Å². The Balaban J connectivity index is 1.50. The number of ether oxygens (including phenoxy) is 2. The van der Waals surface area contributed by atoms with Crippen molar-refractivity contribution in [2.75, 3.05) is 44.7 Å². The minimum absolute atomic E-state index is 0.0587. The summed E-state index contributed by atoms with van der Waals surface area (Å²) in [5.74, 6) is 1.22. The summed E-state index contributed by atoms with van der Waals surface area (Å²) in [6.45, 7) is 11.0. The van der Waals surface area contributed by atoms with Crippen LogP contribution in [-0.4, -0.2) is 71.2 Å². The Bertz CT molecular complexity index is 897. The number of rotatable bonds is 7. The fraction of sp³-hybridized carbons (Fsp3) is 0.476. The molecule has 2 aromatic rings. The Morgan fingerprint density at radius 3 is 2.97 bits per heavy atom. The van der Waals surface area contributed by atoms with Crippen molar-refractivity contribution in [2.45, 2.75) is 26.0 Å². The van der Waals surface area contributed by atoms with Crippen LogP contribution in [0.2, 0.25) is 0 Å². The molecule has 1 atom stereocenters. The predicted molar refractivity (Wildman–Crippen MR) is 116 cm³/mol. The van der Waals surface area contributed by atoms with Gasteiger partial charge in [-0.15, -0.1) is 11.3 Å². The first kappa shape index (κ1) is 20.8. The molecule has 2 aromatic heterocycles. The molecule has 0 saturated carbocycles. The third-order valence-electron chi connectivity index (χ3n) is 5.15. The zero-order valence-corrected chi connectivity index (χ0v) is 18.0. The highest BCUT2D eigenvalue weighted by molar-refractivity contribution is 7.15. The van der Waals surface area contributed by atoms with Crippen LogP contribution in [0.15, 0.2) is 31.0 Å². The summed E-state index contributed by atoms with van der Waals surface area (Å²) in [6.07, 6.45) is 3.89. The van der Waals surface area contributed by atoms with Crippen molar-refractivity contribution in [3.8, 4) is 5.88 Å². The average Bonchev–Trinajstić information content (AvgIpc) is 3.37. The van der Waals surface area contributed by atoms with Gasteiger partial charge in [0.2, 0.25) is 11.8 Å². The van der Waals surface area contributed by atoms with E-state index >= 15 is 0 Å². The summed E-state index contributed by atoms with van der Waals surface area (Å²) < 4.78 is 11.6. The largest absolute Gasteiger partial charge is 0.472 e. The molecule has 1 unspecified atom stereocenters. The smallest absolute Gasteiger partial charge is 0.246 e. The maximum absolute atomic E-state index is 11.9. The van der Waals surface area contributed by atoms with Gasteiger partial charge in [-0.05, 0) is 24.6 Å². The van der Waals surface area contributed by atoms with Gasteiger partial charge < -0.3 is 19.7 Å². The van der Waals surface area contributed by atoms with Crippen LogP contribution in [0.4, 0.5) is 10.9 Å². The van der Waals surface area contributed by atoms with Gasteiger partial charge in [0.1, 0.15) is 11.9 Å². The van der Waals surface area contributed by atoms with E-state index in [1.165, 1.54) is 6.08 Å². The number of anilines is 2.